The fraction of sp³-hybridized carbons (Fsp3) is 0.909. The molecule has 0 saturated heterocycles. The summed E-state index contributed by atoms with van der Waals surface area (Å²) in [5.74, 6) is 1.42. The van der Waals surface area contributed by atoms with Crippen molar-refractivity contribution >= 4 is 11.6 Å². The van der Waals surface area contributed by atoms with Crippen LogP contribution in [0.2, 0.25) is 0 Å². The fourth-order valence-corrected chi connectivity index (χ4v) is 0. The van der Waals surface area contributed by atoms with Crippen LogP contribution in [0, 0.1) is 5.92 Å². The molecule has 0 spiro atoms. The number of hydrogen-bond donors (Lipinski definition) is 0. The maximum Gasteiger partial charge on any atom is 0.0362 e. The van der Waals surface area contributed by atoms with Crippen LogP contribution in [0.1, 0.15) is 63.8 Å². The Hall–Kier alpha value is 1.72. The average Bonchev–Trinajstić information content (AvgIpc) is 1.19. The van der Waals surface area contributed by atoms with Crippen LogP contribution in [-0.2, 0) is 43.4 Å². The monoisotopic (exact) mass is 293 g/mol. The SMILES string of the molecule is C.C.C.CC(C)(C)Cl.C[C-](C)C.[Ti].[Ti]. The molecule has 0 atom stereocenters. The van der Waals surface area contributed by atoms with Crippen molar-refractivity contribution in [3.63, 3.8) is 0 Å². The summed E-state index contributed by atoms with van der Waals surface area (Å²) in [6, 6.07) is 0. The van der Waals surface area contributed by atoms with Gasteiger partial charge >= 0.3 is 0 Å². The summed E-state index contributed by atoms with van der Waals surface area (Å²) in [6.07, 6.45) is 0. The van der Waals surface area contributed by atoms with Crippen LogP contribution >= 0.6 is 11.6 Å². The number of alkyl halides is 1. The zero-order valence-corrected chi connectivity index (χ0v) is 12.3. The van der Waals surface area contributed by atoms with Crippen LogP contribution in [0.15, 0.2) is 0 Å². The number of halogens is 1. The Kier molecular flexibility index (Phi) is 77.1. The summed E-state index contributed by atoms with van der Waals surface area (Å²) in [6.45, 7) is 12.1. The summed E-state index contributed by atoms with van der Waals surface area (Å²) in [4.78, 5) is -0.0278. The van der Waals surface area contributed by atoms with Gasteiger partial charge in [0.2, 0.25) is 0 Å². The molecule has 0 aromatic carbocycles. The number of hydrogen-bond acceptors (Lipinski definition) is 0. The van der Waals surface area contributed by atoms with Gasteiger partial charge in [-0.05, 0) is 20.8 Å². The van der Waals surface area contributed by atoms with Gasteiger partial charge in [-0.15, -0.1) is 11.6 Å². The van der Waals surface area contributed by atoms with E-state index < -0.39 is 0 Å². The summed E-state index contributed by atoms with van der Waals surface area (Å²) in [7, 11) is 0. The molecule has 14 heavy (non-hydrogen) atoms. The minimum Gasteiger partial charge on any atom is -0.323 e. The maximum absolute atomic E-state index is 5.53. The van der Waals surface area contributed by atoms with E-state index in [1.165, 1.54) is 5.92 Å². The molecule has 0 amide bonds. The predicted molar refractivity (Wildman–Crippen MR) is 66.1 cm³/mol. The molecule has 0 aromatic heterocycles. The van der Waals surface area contributed by atoms with Crippen molar-refractivity contribution in [1.29, 1.82) is 0 Å². The quantitative estimate of drug-likeness (QED) is 0.312. The van der Waals surface area contributed by atoms with Crippen molar-refractivity contribution < 1.29 is 43.4 Å². The summed E-state index contributed by atoms with van der Waals surface area (Å²) in [5.41, 5.74) is 0. The Bertz CT molecular complexity index is 50.0. The Balaban J connectivity index is -0.0000000104. The Morgan fingerprint density at radius 3 is 0.786 bits per heavy atom. The topological polar surface area (TPSA) is 0 Å². The molecule has 0 rings (SSSR count). The summed E-state index contributed by atoms with van der Waals surface area (Å²) >= 11 is 5.53. The second-order valence-corrected chi connectivity index (χ2v) is 4.70. The van der Waals surface area contributed by atoms with E-state index in [0.29, 0.717) is 0 Å². The molecule has 90 valence electrons. The van der Waals surface area contributed by atoms with E-state index in [4.69, 9.17) is 11.6 Å². The van der Waals surface area contributed by atoms with E-state index in [1.807, 2.05) is 20.8 Å². The van der Waals surface area contributed by atoms with E-state index in [2.05, 4.69) is 20.8 Å². The van der Waals surface area contributed by atoms with Gasteiger partial charge in [-0.1, -0.05) is 22.3 Å². The number of rotatable bonds is 0. The molecule has 0 bridgehead atoms. The van der Waals surface area contributed by atoms with Gasteiger partial charge in [-0.3, -0.25) is 0 Å². The molecule has 0 heterocycles. The molecule has 0 unspecified atom stereocenters. The first-order chi connectivity index (χ1) is 3.73. The molecule has 0 saturated carbocycles. The minimum atomic E-state index is -0.0278. The minimum absolute atomic E-state index is 0. The van der Waals surface area contributed by atoms with E-state index in [9.17, 15) is 0 Å². The molecular formula is C11H30ClTi2-. The van der Waals surface area contributed by atoms with Crippen LogP contribution in [0.4, 0.5) is 0 Å². The van der Waals surface area contributed by atoms with Crippen LogP contribution < -0.4 is 0 Å². The van der Waals surface area contributed by atoms with Crippen molar-refractivity contribution in [2.75, 3.05) is 0 Å². The van der Waals surface area contributed by atoms with E-state index in [0.717, 1.165) is 0 Å². The van der Waals surface area contributed by atoms with E-state index >= 15 is 0 Å². The second-order valence-electron chi connectivity index (χ2n) is 3.57. The normalized spacial score (nSPS) is 6.86. The van der Waals surface area contributed by atoms with Crippen LogP contribution in [0.3, 0.4) is 0 Å². The molecule has 0 nitrogen and oxygen atoms in total. The molecule has 3 heteroatoms. The Morgan fingerprint density at radius 1 is 0.786 bits per heavy atom. The molecule has 0 aliphatic heterocycles. The van der Waals surface area contributed by atoms with Crippen LogP contribution in [0.25, 0.3) is 0 Å². The third kappa shape index (κ3) is 751. The Labute approximate surface area is 129 Å². The van der Waals surface area contributed by atoms with Crippen LogP contribution in [0.5, 0.6) is 0 Å². The van der Waals surface area contributed by atoms with E-state index in [-0.39, 0.29) is 70.6 Å². The standard InChI is InChI=1S/C4H9Cl.C4H9.3CH4.2Ti/c1-4(2,3)5;1-4(2)3;;;;;/h1-3H3;1-3H3;3*1H4;;/q;-1;;;;;. The van der Waals surface area contributed by atoms with Gasteiger partial charge in [-0.2, -0.15) is 20.8 Å². The van der Waals surface area contributed by atoms with Gasteiger partial charge in [0.05, 0.1) is 0 Å². The predicted octanol–water partition coefficient (Wildman–Crippen LogP) is 5.55. The smallest absolute Gasteiger partial charge is 0.0362 e. The molecule has 0 fully saturated rings. The largest absolute Gasteiger partial charge is 0.323 e. The molecule has 0 aromatic rings. The molecule has 0 aliphatic rings. The van der Waals surface area contributed by atoms with Crippen molar-refractivity contribution in [1.82, 2.24) is 0 Å². The average molecular weight is 294 g/mol. The van der Waals surface area contributed by atoms with Gasteiger partial charge in [0, 0.05) is 48.3 Å². The summed E-state index contributed by atoms with van der Waals surface area (Å²) in [5, 5.41) is 0. The third-order valence-electron chi connectivity index (χ3n) is 0. The zero-order chi connectivity index (χ0) is 8.08. The van der Waals surface area contributed by atoms with Crippen molar-refractivity contribution in [2.45, 2.75) is 68.7 Å². The fourth-order valence-electron chi connectivity index (χ4n) is 0. The van der Waals surface area contributed by atoms with E-state index in [1.54, 1.807) is 0 Å². The second kappa shape index (κ2) is 24.1. The van der Waals surface area contributed by atoms with Gasteiger partial charge in [0.25, 0.3) is 0 Å². The van der Waals surface area contributed by atoms with Crippen molar-refractivity contribution in [3.05, 3.63) is 5.92 Å². The van der Waals surface area contributed by atoms with Gasteiger partial charge in [0.15, 0.2) is 0 Å². The third-order valence-corrected chi connectivity index (χ3v) is 0. The zero-order valence-electron chi connectivity index (χ0n) is 8.38. The first-order valence-corrected chi connectivity index (χ1v) is 3.57. The molecule has 0 aliphatic carbocycles. The van der Waals surface area contributed by atoms with Crippen molar-refractivity contribution in [3.8, 4) is 0 Å². The van der Waals surface area contributed by atoms with Gasteiger partial charge in [-0.25, -0.2) is 0 Å². The molecule has 0 radical (unpaired) electrons. The Morgan fingerprint density at radius 2 is 0.786 bits per heavy atom. The first kappa shape index (κ1) is 44.8. The van der Waals surface area contributed by atoms with Gasteiger partial charge in [0.1, 0.15) is 0 Å². The van der Waals surface area contributed by atoms with Gasteiger partial charge < -0.3 is 5.92 Å². The van der Waals surface area contributed by atoms with Crippen molar-refractivity contribution in [2.24, 2.45) is 0 Å². The van der Waals surface area contributed by atoms with Crippen LogP contribution in [-0.4, -0.2) is 4.87 Å². The first-order valence-electron chi connectivity index (χ1n) is 3.19. The molecule has 0 N–H and O–H groups in total. The summed E-state index contributed by atoms with van der Waals surface area (Å²) < 4.78 is 0. The maximum atomic E-state index is 5.53. The molecular weight excluding hydrogens is 263 g/mol.